The van der Waals surface area contributed by atoms with Gasteiger partial charge in [-0.15, -0.1) is 0 Å². The zero-order valence-electron chi connectivity index (χ0n) is 16.3. The highest BCUT2D eigenvalue weighted by atomic mass is 16.5. The maximum absolute atomic E-state index is 13.0. The third-order valence-corrected chi connectivity index (χ3v) is 5.41. The van der Waals surface area contributed by atoms with Gasteiger partial charge in [-0.05, 0) is 43.7 Å². The molecule has 1 aromatic heterocycles. The number of fused-ring (bicyclic) bond motifs is 1. The third-order valence-electron chi connectivity index (χ3n) is 5.41. The molecular formula is C20H29N3O3. The summed E-state index contributed by atoms with van der Waals surface area (Å²) in [5, 5.41) is 3.09. The van der Waals surface area contributed by atoms with Gasteiger partial charge in [-0.1, -0.05) is 26.8 Å². The van der Waals surface area contributed by atoms with Crippen molar-refractivity contribution in [2.75, 3.05) is 7.11 Å². The van der Waals surface area contributed by atoms with Crippen molar-refractivity contribution in [3.8, 4) is 0 Å². The monoisotopic (exact) mass is 359 g/mol. The van der Waals surface area contributed by atoms with Crippen molar-refractivity contribution in [1.29, 1.82) is 0 Å². The lowest BCUT2D eigenvalue weighted by atomic mass is 9.75. The number of imidazole rings is 1. The molecule has 26 heavy (non-hydrogen) atoms. The van der Waals surface area contributed by atoms with Crippen LogP contribution in [-0.4, -0.2) is 34.2 Å². The van der Waals surface area contributed by atoms with Crippen molar-refractivity contribution >= 4 is 16.9 Å². The van der Waals surface area contributed by atoms with Crippen molar-refractivity contribution in [3.05, 3.63) is 34.2 Å². The standard InChI is InChI=1S/C20H29N3O3/c1-13(20(26-5)10-7-11-20)21-17(24)14-8-6-9-15-16(14)23(18(25)22-15)12-19(2,3)4/h6,8-9,13H,7,10-12H2,1-5H3,(H,21,24)(H,22,25). The summed E-state index contributed by atoms with van der Waals surface area (Å²) in [6.45, 7) is 8.74. The van der Waals surface area contributed by atoms with E-state index in [2.05, 4.69) is 31.1 Å². The van der Waals surface area contributed by atoms with E-state index in [0.717, 1.165) is 19.3 Å². The molecule has 1 saturated carbocycles. The van der Waals surface area contributed by atoms with Gasteiger partial charge in [0.2, 0.25) is 0 Å². The van der Waals surface area contributed by atoms with Gasteiger partial charge in [-0.25, -0.2) is 4.79 Å². The maximum atomic E-state index is 13.0. The number of nitrogens with one attached hydrogen (secondary N) is 2. The van der Waals surface area contributed by atoms with E-state index in [1.54, 1.807) is 23.8 Å². The molecule has 3 rings (SSSR count). The summed E-state index contributed by atoms with van der Waals surface area (Å²) in [5.74, 6) is -0.173. The van der Waals surface area contributed by atoms with Crippen molar-refractivity contribution in [2.24, 2.45) is 5.41 Å². The van der Waals surface area contributed by atoms with E-state index in [1.807, 2.05) is 13.0 Å². The summed E-state index contributed by atoms with van der Waals surface area (Å²) in [4.78, 5) is 28.3. The first kappa shape index (κ1) is 18.7. The van der Waals surface area contributed by atoms with Crippen molar-refractivity contribution in [1.82, 2.24) is 14.9 Å². The van der Waals surface area contributed by atoms with Crippen LogP contribution in [0.25, 0.3) is 11.0 Å². The molecule has 1 fully saturated rings. The molecule has 1 amide bonds. The molecule has 0 saturated heterocycles. The van der Waals surface area contributed by atoms with Gasteiger partial charge in [0, 0.05) is 13.7 Å². The van der Waals surface area contributed by atoms with Crippen LogP contribution in [0.4, 0.5) is 0 Å². The van der Waals surface area contributed by atoms with Crippen LogP contribution >= 0.6 is 0 Å². The zero-order chi connectivity index (χ0) is 19.1. The van der Waals surface area contributed by atoms with Crippen LogP contribution < -0.4 is 11.0 Å². The number of nitrogens with zero attached hydrogens (tertiary/aromatic N) is 1. The summed E-state index contributed by atoms with van der Waals surface area (Å²) in [5.41, 5.74) is 1.33. The number of hydrogen-bond acceptors (Lipinski definition) is 3. The van der Waals surface area contributed by atoms with Crippen LogP contribution in [0.3, 0.4) is 0 Å². The quantitative estimate of drug-likeness (QED) is 0.861. The van der Waals surface area contributed by atoms with Crippen LogP contribution in [0.15, 0.2) is 23.0 Å². The largest absolute Gasteiger partial charge is 0.376 e. The molecule has 0 radical (unpaired) electrons. The van der Waals surface area contributed by atoms with Gasteiger partial charge in [-0.2, -0.15) is 0 Å². The lowest BCUT2D eigenvalue weighted by Crippen LogP contribution is -2.56. The number of amides is 1. The maximum Gasteiger partial charge on any atom is 0.326 e. The van der Waals surface area contributed by atoms with Gasteiger partial charge < -0.3 is 15.0 Å². The minimum absolute atomic E-state index is 0.0815. The van der Waals surface area contributed by atoms with Gasteiger partial charge in [-0.3, -0.25) is 9.36 Å². The van der Waals surface area contributed by atoms with Crippen LogP contribution in [-0.2, 0) is 11.3 Å². The molecule has 1 unspecified atom stereocenters. The summed E-state index contributed by atoms with van der Waals surface area (Å²) in [6, 6.07) is 5.32. The number of rotatable bonds is 5. The summed E-state index contributed by atoms with van der Waals surface area (Å²) in [7, 11) is 1.70. The predicted molar refractivity (Wildman–Crippen MR) is 103 cm³/mol. The number of aromatic nitrogens is 2. The van der Waals surface area contributed by atoms with Gasteiger partial charge in [0.15, 0.2) is 0 Å². The topological polar surface area (TPSA) is 76.1 Å². The molecule has 6 nitrogen and oxygen atoms in total. The normalized spacial score (nSPS) is 17.7. The van der Waals surface area contributed by atoms with Crippen LogP contribution in [0.5, 0.6) is 0 Å². The minimum atomic E-state index is -0.271. The molecule has 0 spiro atoms. The van der Waals surface area contributed by atoms with Gasteiger partial charge in [0.25, 0.3) is 5.91 Å². The van der Waals surface area contributed by atoms with E-state index in [4.69, 9.17) is 4.74 Å². The molecular weight excluding hydrogens is 330 g/mol. The lowest BCUT2D eigenvalue weighted by Gasteiger charge is -2.45. The Hall–Kier alpha value is -2.08. The number of methoxy groups -OCH3 is 1. The second kappa shape index (κ2) is 6.58. The number of para-hydroxylation sites is 1. The summed E-state index contributed by atoms with van der Waals surface area (Å²) < 4.78 is 7.35. The van der Waals surface area contributed by atoms with Crippen LogP contribution in [0.2, 0.25) is 0 Å². The second-order valence-corrected chi connectivity index (χ2v) is 8.60. The fraction of sp³-hybridized carbons (Fsp3) is 0.600. The second-order valence-electron chi connectivity index (χ2n) is 8.60. The van der Waals surface area contributed by atoms with Crippen molar-refractivity contribution < 1.29 is 9.53 Å². The third kappa shape index (κ3) is 3.30. The Morgan fingerprint density at radius 2 is 2.08 bits per heavy atom. The molecule has 1 aliphatic rings. The van der Waals surface area contributed by atoms with Gasteiger partial charge in [0.05, 0.1) is 28.2 Å². The predicted octanol–water partition coefficient (Wildman–Crippen LogP) is 3.06. The molecule has 0 bridgehead atoms. The molecule has 6 heteroatoms. The molecule has 2 N–H and O–H groups in total. The number of aromatic amines is 1. The number of carbonyl (C=O) groups is 1. The Labute approximate surface area is 153 Å². The Kier molecular flexibility index (Phi) is 4.73. The van der Waals surface area contributed by atoms with E-state index in [-0.39, 0.29) is 28.7 Å². The fourth-order valence-corrected chi connectivity index (χ4v) is 3.77. The molecule has 0 aliphatic heterocycles. The van der Waals surface area contributed by atoms with Crippen LogP contribution in [0, 0.1) is 5.41 Å². The van der Waals surface area contributed by atoms with Crippen LogP contribution in [0.1, 0.15) is 57.3 Å². The smallest absolute Gasteiger partial charge is 0.326 e. The number of H-pyrrole nitrogens is 1. The van der Waals surface area contributed by atoms with E-state index >= 15 is 0 Å². The van der Waals surface area contributed by atoms with E-state index in [0.29, 0.717) is 23.1 Å². The average molecular weight is 359 g/mol. The summed E-state index contributed by atoms with van der Waals surface area (Å²) in [6.07, 6.45) is 3.02. The Morgan fingerprint density at radius 3 is 2.62 bits per heavy atom. The van der Waals surface area contributed by atoms with Crippen molar-refractivity contribution in [2.45, 2.75) is 65.1 Å². The van der Waals surface area contributed by atoms with Gasteiger partial charge >= 0.3 is 5.69 Å². The zero-order valence-corrected chi connectivity index (χ0v) is 16.3. The highest BCUT2D eigenvalue weighted by Crippen LogP contribution is 2.38. The first-order valence-electron chi connectivity index (χ1n) is 9.24. The Bertz CT molecular complexity index is 863. The first-order valence-corrected chi connectivity index (χ1v) is 9.24. The SMILES string of the molecule is COC1(C(C)NC(=O)c2cccc3[nH]c(=O)n(CC(C)(C)C)c23)CCC1. The fourth-order valence-electron chi connectivity index (χ4n) is 3.77. The van der Waals surface area contributed by atoms with E-state index in [1.165, 1.54) is 0 Å². The highest BCUT2D eigenvalue weighted by molar-refractivity contribution is 6.05. The molecule has 1 heterocycles. The minimum Gasteiger partial charge on any atom is -0.376 e. The Balaban J connectivity index is 1.97. The number of carbonyl (C=O) groups excluding carboxylic acids is 1. The van der Waals surface area contributed by atoms with E-state index < -0.39 is 0 Å². The first-order chi connectivity index (χ1) is 12.2. The van der Waals surface area contributed by atoms with Gasteiger partial charge in [0.1, 0.15) is 0 Å². The number of ether oxygens (including phenoxy) is 1. The molecule has 142 valence electrons. The lowest BCUT2D eigenvalue weighted by molar-refractivity contribution is -0.0919. The molecule has 1 aromatic carbocycles. The summed E-state index contributed by atoms with van der Waals surface area (Å²) >= 11 is 0. The molecule has 1 atom stereocenters. The molecule has 2 aromatic rings. The molecule has 1 aliphatic carbocycles. The number of hydrogen-bond donors (Lipinski definition) is 2. The van der Waals surface area contributed by atoms with E-state index in [9.17, 15) is 9.59 Å². The van der Waals surface area contributed by atoms with Crippen molar-refractivity contribution in [3.63, 3.8) is 0 Å². The highest BCUT2D eigenvalue weighted by Gasteiger charge is 2.43. The average Bonchev–Trinajstić information content (AvgIpc) is 2.81. The Morgan fingerprint density at radius 1 is 1.38 bits per heavy atom. The number of benzene rings is 1.